The number of nitrogens with one attached hydrogen (secondary N) is 1. The number of aromatic nitrogens is 5. The van der Waals surface area contributed by atoms with E-state index in [0.29, 0.717) is 0 Å². The van der Waals surface area contributed by atoms with Gasteiger partial charge in [-0.3, -0.25) is 0 Å². The molecule has 0 radical (unpaired) electrons. The van der Waals surface area contributed by atoms with Crippen LogP contribution in [0, 0.1) is 6.92 Å². The molecule has 1 N–H and O–H groups in total. The summed E-state index contributed by atoms with van der Waals surface area (Å²) in [5.41, 5.74) is 3.36. The molecule has 0 aromatic carbocycles. The fourth-order valence-electron chi connectivity index (χ4n) is 1.38. The quantitative estimate of drug-likeness (QED) is 0.674. The first kappa shape index (κ1) is 8.49. The van der Waals surface area contributed by atoms with E-state index in [2.05, 4.69) is 24.5 Å². The van der Waals surface area contributed by atoms with E-state index >= 15 is 0 Å². The van der Waals surface area contributed by atoms with E-state index in [9.17, 15) is 0 Å². The molecule has 0 saturated heterocycles. The SMILES string of the molecule is Cc1ccc2[nH]c(-c3csnn3)nc2n1. The van der Waals surface area contributed by atoms with Crippen LogP contribution in [0.4, 0.5) is 0 Å². The highest BCUT2D eigenvalue weighted by atomic mass is 32.1. The van der Waals surface area contributed by atoms with Crippen molar-refractivity contribution in [3.63, 3.8) is 0 Å². The van der Waals surface area contributed by atoms with Crippen LogP contribution in [0.15, 0.2) is 17.5 Å². The third kappa shape index (κ3) is 1.39. The Balaban J connectivity index is 2.22. The highest BCUT2D eigenvalue weighted by molar-refractivity contribution is 7.03. The van der Waals surface area contributed by atoms with Crippen LogP contribution in [0.2, 0.25) is 0 Å². The number of hydrogen-bond donors (Lipinski definition) is 1. The molecular weight excluding hydrogens is 210 g/mol. The van der Waals surface area contributed by atoms with Crippen LogP contribution in [0.3, 0.4) is 0 Å². The van der Waals surface area contributed by atoms with Crippen molar-refractivity contribution in [1.82, 2.24) is 24.5 Å². The number of nitrogens with zero attached hydrogens (tertiary/aromatic N) is 4. The normalized spacial score (nSPS) is 11.0. The molecule has 15 heavy (non-hydrogen) atoms. The first-order valence-corrected chi connectivity index (χ1v) is 5.27. The molecule has 3 aromatic heterocycles. The largest absolute Gasteiger partial charge is 0.335 e. The molecule has 0 bridgehead atoms. The first-order valence-electron chi connectivity index (χ1n) is 4.44. The summed E-state index contributed by atoms with van der Waals surface area (Å²) in [6, 6.07) is 3.91. The number of aryl methyl sites for hydroxylation is 1. The Labute approximate surface area is 89.4 Å². The van der Waals surface area contributed by atoms with Crippen LogP contribution in [0.25, 0.3) is 22.7 Å². The lowest BCUT2D eigenvalue weighted by atomic mass is 10.4. The zero-order valence-corrected chi connectivity index (χ0v) is 8.75. The highest BCUT2D eigenvalue weighted by Crippen LogP contribution is 2.17. The van der Waals surface area contributed by atoms with Gasteiger partial charge in [0.2, 0.25) is 0 Å². The number of aromatic amines is 1. The third-order valence-corrected chi connectivity index (χ3v) is 2.59. The lowest BCUT2D eigenvalue weighted by Crippen LogP contribution is -1.81. The van der Waals surface area contributed by atoms with Crippen molar-refractivity contribution in [2.24, 2.45) is 0 Å². The maximum Gasteiger partial charge on any atom is 0.178 e. The Morgan fingerprint density at radius 2 is 2.20 bits per heavy atom. The molecule has 0 amide bonds. The van der Waals surface area contributed by atoms with Crippen molar-refractivity contribution in [2.45, 2.75) is 6.92 Å². The second-order valence-electron chi connectivity index (χ2n) is 3.20. The lowest BCUT2D eigenvalue weighted by Gasteiger charge is -1.88. The maximum atomic E-state index is 4.35. The van der Waals surface area contributed by atoms with E-state index in [1.165, 1.54) is 11.5 Å². The Bertz CT molecular complexity index is 598. The fraction of sp³-hybridized carbons (Fsp3) is 0.111. The van der Waals surface area contributed by atoms with Crippen molar-refractivity contribution in [2.75, 3.05) is 0 Å². The molecule has 0 spiro atoms. The summed E-state index contributed by atoms with van der Waals surface area (Å²) in [7, 11) is 0. The van der Waals surface area contributed by atoms with Gasteiger partial charge in [0.05, 0.1) is 5.52 Å². The summed E-state index contributed by atoms with van der Waals surface area (Å²) in [5, 5.41) is 5.80. The molecule has 0 aliphatic heterocycles. The molecule has 0 unspecified atom stereocenters. The summed E-state index contributed by atoms with van der Waals surface area (Å²) in [5.74, 6) is 0.719. The third-order valence-electron chi connectivity index (χ3n) is 2.09. The van der Waals surface area contributed by atoms with Gasteiger partial charge in [-0.15, -0.1) is 5.10 Å². The highest BCUT2D eigenvalue weighted by Gasteiger charge is 2.08. The summed E-state index contributed by atoms with van der Waals surface area (Å²) in [6.45, 7) is 1.94. The predicted octanol–water partition coefficient (Wildman–Crippen LogP) is 1.78. The molecule has 0 fully saturated rings. The minimum atomic E-state index is 0.719. The van der Waals surface area contributed by atoms with Crippen molar-refractivity contribution in [3.8, 4) is 11.5 Å². The smallest absolute Gasteiger partial charge is 0.178 e. The van der Waals surface area contributed by atoms with Gasteiger partial charge in [-0.1, -0.05) is 4.49 Å². The van der Waals surface area contributed by atoms with Gasteiger partial charge in [0.15, 0.2) is 11.5 Å². The molecule has 3 aromatic rings. The van der Waals surface area contributed by atoms with E-state index in [-0.39, 0.29) is 0 Å². The fourth-order valence-corrected chi connectivity index (χ4v) is 1.82. The molecule has 0 aliphatic rings. The molecule has 0 saturated carbocycles. The summed E-state index contributed by atoms with van der Waals surface area (Å²) < 4.78 is 3.80. The van der Waals surface area contributed by atoms with E-state index in [1.54, 1.807) is 0 Å². The summed E-state index contributed by atoms with van der Waals surface area (Å²) >= 11 is 1.31. The van der Waals surface area contributed by atoms with Gasteiger partial charge in [-0.25, -0.2) is 9.97 Å². The zero-order valence-electron chi connectivity index (χ0n) is 7.93. The monoisotopic (exact) mass is 217 g/mol. The number of hydrogen-bond acceptors (Lipinski definition) is 5. The van der Waals surface area contributed by atoms with E-state index in [0.717, 1.165) is 28.4 Å². The van der Waals surface area contributed by atoms with Gasteiger partial charge in [-0.05, 0) is 30.6 Å². The van der Waals surface area contributed by atoms with Crippen LogP contribution in [-0.2, 0) is 0 Å². The molecule has 0 atom stereocenters. The standard InChI is InChI=1S/C9H7N5S/c1-5-2-3-6-8(10-5)12-9(11-6)7-4-15-14-13-7/h2-4H,1H3,(H,10,11,12). The Morgan fingerprint density at radius 3 is 3.00 bits per heavy atom. The summed E-state index contributed by atoms with van der Waals surface area (Å²) in [6.07, 6.45) is 0. The minimum absolute atomic E-state index is 0.719. The van der Waals surface area contributed by atoms with Crippen molar-refractivity contribution < 1.29 is 0 Å². The van der Waals surface area contributed by atoms with Gasteiger partial charge >= 0.3 is 0 Å². The van der Waals surface area contributed by atoms with E-state index < -0.39 is 0 Å². The molecule has 3 heterocycles. The number of rotatable bonds is 1. The van der Waals surface area contributed by atoms with Crippen LogP contribution < -0.4 is 0 Å². The maximum absolute atomic E-state index is 4.35. The van der Waals surface area contributed by atoms with Crippen molar-refractivity contribution in [1.29, 1.82) is 0 Å². The molecule has 6 heteroatoms. The average molecular weight is 217 g/mol. The minimum Gasteiger partial charge on any atom is -0.335 e. The van der Waals surface area contributed by atoms with Crippen molar-refractivity contribution >= 4 is 22.7 Å². The van der Waals surface area contributed by atoms with Crippen molar-refractivity contribution in [3.05, 3.63) is 23.2 Å². The molecule has 0 aliphatic carbocycles. The van der Waals surface area contributed by atoms with Crippen LogP contribution in [-0.4, -0.2) is 24.5 Å². The van der Waals surface area contributed by atoms with E-state index in [4.69, 9.17) is 0 Å². The van der Waals surface area contributed by atoms with Gasteiger partial charge in [-0.2, -0.15) is 0 Å². The Morgan fingerprint density at radius 1 is 1.27 bits per heavy atom. The molecular formula is C9H7N5S. The lowest BCUT2D eigenvalue weighted by molar-refractivity contribution is 1.13. The Kier molecular flexibility index (Phi) is 1.75. The molecule has 5 nitrogen and oxygen atoms in total. The van der Waals surface area contributed by atoms with Gasteiger partial charge < -0.3 is 4.98 Å². The predicted molar refractivity (Wildman–Crippen MR) is 57.5 cm³/mol. The number of fused-ring (bicyclic) bond motifs is 1. The van der Waals surface area contributed by atoms with Gasteiger partial charge in [0, 0.05) is 11.1 Å². The molecule has 74 valence electrons. The Hall–Kier alpha value is -1.82. The number of imidazole rings is 1. The van der Waals surface area contributed by atoms with Gasteiger partial charge in [0.25, 0.3) is 0 Å². The topological polar surface area (TPSA) is 67.3 Å². The number of pyridine rings is 1. The average Bonchev–Trinajstić information content (AvgIpc) is 2.84. The first-order chi connectivity index (χ1) is 7.33. The second kappa shape index (κ2) is 3.09. The summed E-state index contributed by atoms with van der Waals surface area (Å²) in [4.78, 5) is 11.8. The van der Waals surface area contributed by atoms with Crippen LogP contribution in [0.5, 0.6) is 0 Å². The van der Waals surface area contributed by atoms with Crippen LogP contribution >= 0.6 is 11.5 Å². The molecule has 3 rings (SSSR count). The second-order valence-corrected chi connectivity index (χ2v) is 3.81. The van der Waals surface area contributed by atoms with Gasteiger partial charge in [0.1, 0.15) is 5.69 Å². The number of H-pyrrole nitrogens is 1. The zero-order chi connectivity index (χ0) is 10.3. The van der Waals surface area contributed by atoms with Crippen LogP contribution in [0.1, 0.15) is 5.69 Å². The van der Waals surface area contributed by atoms with E-state index in [1.807, 2.05) is 24.4 Å².